The number of aliphatic hydroxyl groups is 1. The van der Waals surface area contributed by atoms with Crippen molar-refractivity contribution in [2.24, 2.45) is 29.4 Å². The number of nitrogens with zero attached hydrogens (tertiary/aromatic N) is 2. The number of phenolic OH excluding ortho intramolecular Hbond substituents is 1. The highest BCUT2D eigenvalue weighted by Crippen LogP contribution is 2.53. The molecule has 1 heterocycles. The average molecular weight is 530 g/mol. The lowest BCUT2D eigenvalue weighted by Gasteiger charge is -2.53. The normalized spacial score (nSPS) is 33.9. The van der Waals surface area contributed by atoms with E-state index < -0.39 is 70.8 Å². The van der Waals surface area contributed by atoms with Crippen LogP contribution < -0.4 is 5.73 Å². The minimum Gasteiger partial charge on any atom is -0.507 e. The van der Waals surface area contributed by atoms with Crippen molar-refractivity contribution < 1.29 is 33.8 Å². The van der Waals surface area contributed by atoms with Crippen molar-refractivity contribution in [2.75, 3.05) is 20.6 Å². The zero-order chi connectivity index (χ0) is 27.8. The molecule has 0 spiro atoms. The second-order valence-electron chi connectivity index (χ2n) is 11.9. The smallest absolute Gasteiger partial charge is 0.228 e. The molecule has 10 heteroatoms. The molecule has 206 valence electrons. The van der Waals surface area contributed by atoms with Crippen molar-refractivity contribution in [1.82, 2.24) is 9.80 Å². The van der Waals surface area contributed by atoms with Gasteiger partial charge in [0.1, 0.15) is 23.1 Å². The van der Waals surface area contributed by atoms with E-state index in [0.717, 1.165) is 6.42 Å². The first kappa shape index (κ1) is 26.9. The summed E-state index contributed by atoms with van der Waals surface area (Å²) in [5, 5.41) is 22.9. The second-order valence-corrected chi connectivity index (χ2v) is 11.9. The summed E-state index contributed by atoms with van der Waals surface area (Å²) >= 11 is 0. The number of halogens is 1. The van der Waals surface area contributed by atoms with Crippen LogP contribution in [0.4, 0.5) is 4.39 Å². The van der Waals surface area contributed by atoms with Crippen LogP contribution in [0.25, 0.3) is 0 Å². The number of carbonyl (C=O) groups is 4. The highest BCUT2D eigenvalue weighted by atomic mass is 19.1. The van der Waals surface area contributed by atoms with Gasteiger partial charge in [-0.3, -0.25) is 29.0 Å². The Morgan fingerprint density at radius 1 is 1.24 bits per heavy atom. The fourth-order valence-electron chi connectivity index (χ4n) is 7.51. The Hall–Kier alpha value is -2.69. The summed E-state index contributed by atoms with van der Waals surface area (Å²) < 4.78 is 16.1. The first-order valence-electron chi connectivity index (χ1n) is 13.4. The van der Waals surface area contributed by atoms with E-state index in [0.29, 0.717) is 30.6 Å². The number of Topliss-reactive ketones (excluding diaryl/α,β-unsaturated/α-hetero) is 3. The number of nitrogens with two attached hydrogens (primary N) is 1. The minimum atomic E-state index is -2.12. The van der Waals surface area contributed by atoms with Crippen molar-refractivity contribution in [1.29, 1.82) is 0 Å². The molecule has 0 saturated heterocycles. The predicted molar refractivity (Wildman–Crippen MR) is 135 cm³/mol. The van der Waals surface area contributed by atoms with Crippen molar-refractivity contribution in [2.45, 2.75) is 70.2 Å². The van der Waals surface area contributed by atoms with Crippen LogP contribution in [0.2, 0.25) is 0 Å². The molecule has 0 radical (unpaired) electrons. The van der Waals surface area contributed by atoms with Gasteiger partial charge in [0.25, 0.3) is 0 Å². The number of hydrogen-bond acceptors (Lipinski definition) is 8. The maximum atomic E-state index is 16.1. The number of carbonyl (C=O) groups excluding carboxylic acids is 4. The summed E-state index contributed by atoms with van der Waals surface area (Å²) in [5.74, 6) is -7.84. The highest BCUT2D eigenvalue weighted by Gasteiger charge is 2.65. The van der Waals surface area contributed by atoms with E-state index in [1.165, 1.54) is 0 Å². The molecule has 7 atom stereocenters. The SMILES string of the molecule is CCC(C)N1CCc2c(O)c3c(c(F)c2C1)CC1CC2C(N(C)C)C(=O)C(C(N)=O)CC2(O)C(=O)C1C3=O. The molecule has 9 nitrogen and oxygen atoms in total. The molecule has 0 bridgehead atoms. The van der Waals surface area contributed by atoms with E-state index >= 15 is 4.39 Å². The van der Waals surface area contributed by atoms with Crippen molar-refractivity contribution in [3.8, 4) is 5.75 Å². The minimum absolute atomic E-state index is 0.0354. The van der Waals surface area contributed by atoms with Gasteiger partial charge in [-0.05, 0) is 52.6 Å². The molecule has 1 aromatic rings. The van der Waals surface area contributed by atoms with Gasteiger partial charge in [-0.15, -0.1) is 0 Å². The van der Waals surface area contributed by atoms with Crippen LogP contribution in [0.5, 0.6) is 5.75 Å². The first-order valence-corrected chi connectivity index (χ1v) is 13.4. The first-order chi connectivity index (χ1) is 17.8. The van der Waals surface area contributed by atoms with E-state index in [2.05, 4.69) is 18.7 Å². The van der Waals surface area contributed by atoms with E-state index in [4.69, 9.17) is 5.73 Å². The van der Waals surface area contributed by atoms with Crippen LogP contribution in [0.1, 0.15) is 60.2 Å². The van der Waals surface area contributed by atoms with Gasteiger partial charge in [-0.25, -0.2) is 4.39 Å². The third kappa shape index (κ3) is 3.67. The highest BCUT2D eigenvalue weighted by molar-refractivity contribution is 6.17. The Kier molecular flexibility index (Phi) is 6.52. The fraction of sp³-hybridized carbons (Fsp3) is 0.643. The molecule has 4 aliphatic rings. The molecule has 4 N–H and O–H groups in total. The maximum absolute atomic E-state index is 16.1. The molecule has 1 amide bonds. The van der Waals surface area contributed by atoms with Crippen molar-refractivity contribution in [3.63, 3.8) is 0 Å². The lowest BCUT2D eigenvalue weighted by molar-refractivity contribution is -0.176. The molecule has 0 aromatic heterocycles. The summed E-state index contributed by atoms with van der Waals surface area (Å²) in [6, 6.07) is -0.727. The van der Waals surface area contributed by atoms with E-state index in [-0.39, 0.29) is 35.8 Å². The molecule has 5 rings (SSSR count). The number of rotatable bonds is 4. The van der Waals surface area contributed by atoms with E-state index in [1.54, 1.807) is 19.0 Å². The van der Waals surface area contributed by atoms with Gasteiger partial charge in [0.15, 0.2) is 17.3 Å². The van der Waals surface area contributed by atoms with E-state index in [1.807, 2.05) is 0 Å². The molecule has 3 aliphatic carbocycles. The largest absolute Gasteiger partial charge is 0.507 e. The summed E-state index contributed by atoms with van der Waals surface area (Å²) in [5.41, 5.74) is 4.07. The number of hydrogen-bond donors (Lipinski definition) is 3. The monoisotopic (exact) mass is 529 g/mol. The predicted octanol–water partition coefficient (Wildman–Crippen LogP) is 0.984. The molecule has 7 unspecified atom stereocenters. The lowest BCUT2D eigenvalue weighted by atomic mass is 9.52. The topological polar surface area (TPSA) is 141 Å². The van der Waals surface area contributed by atoms with Gasteiger partial charge < -0.3 is 15.9 Å². The lowest BCUT2D eigenvalue weighted by Crippen LogP contribution is -2.69. The van der Waals surface area contributed by atoms with Gasteiger partial charge in [-0.1, -0.05) is 6.92 Å². The number of primary amides is 1. The quantitative estimate of drug-likeness (QED) is 0.491. The van der Waals surface area contributed by atoms with Crippen molar-refractivity contribution in [3.05, 3.63) is 28.1 Å². The Labute approximate surface area is 221 Å². The Balaban J connectivity index is 1.59. The summed E-state index contributed by atoms with van der Waals surface area (Å²) in [7, 11) is 3.24. The summed E-state index contributed by atoms with van der Waals surface area (Å²) in [6.45, 7) is 5.07. The number of likely N-dealkylation sites (N-methyl/N-ethyl adjacent to an activating group) is 1. The molecule has 2 fully saturated rings. The number of amides is 1. The number of phenols is 1. The third-order valence-electron chi connectivity index (χ3n) is 9.72. The van der Waals surface area contributed by atoms with Gasteiger partial charge in [0.05, 0.1) is 17.5 Å². The maximum Gasteiger partial charge on any atom is 0.228 e. The van der Waals surface area contributed by atoms with Crippen LogP contribution in [0, 0.1) is 29.5 Å². The molecule has 1 aliphatic heterocycles. The Bertz CT molecular complexity index is 1250. The van der Waals surface area contributed by atoms with Gasteiger partial charge in [0, 0.05) is 48.2 Å². The zero-order valence-electron chi connectivity index (χ0n) is 22.3. The summed E-state index contributed by atoms with van der Waals surface area (Å²) in [4.78, 5) is 56.7. The fourth-order valence-corrected chi connectivity index (χ4v) is 7.51. The standard InChI is InChI=1S/C28H36FN3O6/c1-5-12(2)32-7-6-14-17(11-32)21(29)15-8-13-9-18-22(31(3)4)24(34)16(27(30)37)10-28(18,38)26(36)19(13)25(35)20(15)23(14)33/h12-13,16,18-19,22,33,38H,5-11H2,1-4H3,(H2,30,37). The Morgan fingerprint density at radius 3 is 2.53 bits per heavy atom. The van der Waals surface area contributed by atoms with Crippen molar-refractivity contribution >= 4 is 23.3 Å². The average Bonchev–Trinajstić information content (AvgIpc) is 2.87. The number of aromatic hydroxyl groups is 1. The molecule has 38 heavy (non-hydrogen) atoms. The summed E-state index contributed by atoms with van der Waals surface area (Å²) in [6.07, 6.45) is 0.950. The molecule has 1 aromatic carbocycles. The molecular formula is C28H36FN3O6. The second kappa shape index (κ2) is 9.20. The third-order valence-corrected chi connectivity index (χ3v) is 9.72. The van der Waals surface area contributed by atoms with Gasteiger partial charge in [-0.2, -0.15) is 0 Å². The zero-order valence-corrected chi connectivity index (χ0v) is 22.3. The van der Waals surface area contributed by atoms with Gasteiger partial charge in [0.2, 0.25) is 5.91 Å². The Morgan fingerprint density at radius 2 is 1.92 bits per heavy atom. The van der Waals surface area contributed by atoms with Crippen LogP contribution in [-0.2, 0) is 33.8 Å². The number of ketones is 3. The van der Waals surface area contributed by atoms with Crippen LogP contribution >= 0.6 is 0 Å². The number of benzene rings is 1. The molecule has 2 saturated carbocycles. The van der Waals surface area contributed by atoms with Crippen LogP contribution in [0.3, 0.4) is 0 Å². The van der Waals surface area contributed by atoms with Gasteiger partial charge >= 0.3 is 0 Å². The van der Waals surface area contributed by atoms with Crippen LogP contribution in [-0.4, -0.2) is 81.6 Å². The van der Waals surface area contributed by atoms with E-state index in [9.17, 15) is 29.4 Å². The van der Waals surface area contributed by atoms with Crippen LogP contribution in [0.15, 0.2) is 0 Å². The number of fused-ring (bicyclic) bond motifs is 4. The molecular weight excluding hydrogens is 493 g/mol.